The number of nitrogens with zero attached hydrogens (tertiary/aromatic N) is 2. The maximum absolute atomic E-state index is 12.7. The molecule has 0 aliphatic heterocycles. The van der Waals surface area contributed by atoms with Gasteiger partial charge in [-0.3, -0.25) is 9.10 Å². The van der Waals surface area contributed by atoms with Crippen LogP contribution >= 0.6 is 11.3 Å². The zero-order valence-corrected chi connectivity index (χ0v) is 14.2. The van der Waals surface area contributed by atoms with Gasteiger partial charge in [0.1, 0.15) is 6.26 Å². The second-order valence-electron chi connectivity index (χ2n) is 4.79. The first-order chi connectivity index (χ1) is 11.5. The number of nitrogens with one attached hydrogen (secondary N) is 1. The minimum atomic E-state index is -3.74. The number of hydrogen-bond acceptors (Lipinski definition) is 6. The molecule has 1 amide bonds. The molecule has 0 saturated heterocycles. The van der Waals surface area contributed by atoms with Crippen LogP contribution in [0.15, 0.2) is 63.5 Å². The van der Waals surface area contributed by atoms with Gasteiger partial charge in [-0.05, 0) is 18.2 Å². The molecular weight excluding hydrogens is 350 g/mol. The molecule has 1 aromatic carbocycles. The molecule has 9 heteroatoms. The van der Waals surface area contributed by atoms with Gasteiger partial charge in [-0.1, -0.05) is 23.4 Å². The van der Waals surface area contributed by atoms with Crippen molar-refractivity contribution in [3.63, 3.8) is 0 Å². The molecule has 1 N–H and O–H groups in total. The van der Waals surface area contributed by atoms with Gasteiger partial charge in [0.15, 0.2) is 5.82 Å². The van der Waals surface area contributed by atoms with Crippen molar-refractivity contribution < 1.29 is 17.7 Å². The molecule has 124 valence electrons. The van der Waals surface area contributed by atoms with E-state index in [0.29, 0.717) is 5.69 Å². The predicted octanol–water partition coefficient (Wildman–Crippen LogP) is 2.81. The third-order valence-electron chi connectivity index (χ3n) is 3.26. The molecule has 3 aromatic rings. The summed E-state index contributed by atoms with van der Waals surface area (Å²) in [6.07, 6.45) is 1.33. The zero-order valence-electron chi connectivity index (χ0n) is 12.5. The first kappa shape index (κ1) is 16.2. The summed E-state index contributed by atoms with van der Waals surface area (Å²) >= 11 is 1.04. The Morgan fingerprint density at radius 1 is 1.25 bits per heavy atom. The number of aromatic nitrogens is 1. The van der Waals surface area contributed by atoms with Crippen LogP contribution in [0.25, 0.3) is 0 Å². The van der Waals surface area contributed by atoms with E-state index in [1.165, 1.54) is 35.1 Å². The number of thiophene rings is 1. The molecular formula is C15H13N3O4S2. The van der Waals surface area contributed by atoms with Crippen molar-refractivity contribution in [1.29, 1.82) is 0 Å². The number of amides is 1. The van der Waals surface area contributed by atoms with Crippen molar-refractivity contribution in [2.75, 3.05) is 16.7 Å². The number of benzene rings is 1. The van der Waals surface area contributed by atoms with Crippen LogP contribution in [0.1, 0.15) is 9.67 Å². The van der Waals surface area contributed by atoms with Crippen LogP contribution in [0.5, 0.6) is 0 Å². The predicted molar refractivity (Wildman–Crippen MR) is 90.8 cm³/mol. The van der Waals surface area contributed by atoms with E-state index >= 15 is 0 Å². The van der Waals surface area contributed by atoms with Crippen LogP contribution in [-0.4, -0.2) is 26.5 Å². The van der Waals surface area contributed by atoms with Gasteiger partial charge < -0.3 is 9.84 Å². The van der Waals surface area contributed by atoms with Gasteiger partial charge in [0, 0.05) is 18.5 Å². The van der Waals surface area contributed by atoms with Crippen LogP contribution in [-0.2, 0) is 10.0 Å². The summed E-state index contributed by atoms with van der Waals surface area (Å²) < 4.78 is 31.1. The van der Waals surface area contributed by atoms with E-state index < -0.39 is 15.9 Å². The number of hydrogen-bond donors (Lipinski definition) is 1. The molecule has 24 heavy (non-hydrogen) atoms. The molecule has 0 bridgehead atoms. The van der Waals surface area contributed by atoms with Crippen LogP contribution in [0.3, 0.4) is 0 Å². The highest BCUT2D eigenvalue weighted by atomic mass is 32.2. The van der Waals surface area contributed by atoms with Gasteiger partial charge in [0.05, 0.1) is 15.5 Å². The van der Waals surface area contributed by atoms with Crippen molar-refractivity contribution in [2.24, 2.45) is 0 Å². The Bertz CT molecular complexity index is 934. The van der Waals surface area contributed by atoms with Crippen molar-refractivity contribution in [1.82, 2.24) is 5.16 Å². The molecule has 0 fully saturated rings. The standard InChI is InChI=1S/C15H13N3O4S2/c1-18(11-5-3-2-4-6-11)24(20,21)12-9-13(23-10-12)15(19)16-14-7-8-22-17-14/h2-10H,1H3,(H,16,17,19). The Kier molecular flexibility index (Phi) is 4.36. The van der Waals surface area contributed by atoms with Gasteiger partial charge in [-0.15, -0.1) is 11.3 Å². The number of carbonyl (C=O) groups is 1. The molecule has 0 atom stereocenters. The largest absolute Gasteiger partial charge is 0.363 e. The van der Waals surface area contributed by atoms with Gasteiger partial charge in [0.2, 0.25) is 0 Å². The summed E-state index contributed by atoms with van der Waals surface area (Å²) in [6, 6.07) is 11.5. The Labute approximate surface area is 142 Å². The summed E-state index contributed by atoms with van der Waals surface area (Å²) in [6.45, 7) is 0. The van der Waals surface area contributed by atoms with E-state index in [-0.39, 0.29) is 15.6 Å². The lowest BCUT2D eigenvalue weighted by Gasteiger charge is -2.18. The second kappa shape index (κ2) is 6.46. The fraction of sp³-hybridized carbons (Fsp3) is 0.0667. The van der Waals surface area contributed by atoms with Gasteiger partial charge >= 0.3 is 0 Å². The Morgan fingerprint density at radius 2 is 2.00 bits per heavy atom. The molecule has 0 saturated carbocycles. The van der Waals surface area contributed by atoms with E-state index in [1.807, 2.05) is 0 Å². The molecule has 2 aromatic heterocycles. The molecule has 7 nitrogen and oxygen atoms in total. The zero-order chi connectivity index (χ0) is 17.2. The van der Waals surface area contributed by atoms with Crippen molar-refractivity contribution in [3.8, 4) is 0 Å². The fourth-order valence-electron chi connectivity index (χ4n) is 1.96. The van der Waals surface area contributed by atoms with Crippen LogP contribution in [0.4, 0.5) is 11.5 Å². The van der Waals surface area contributed by atoms with E-state index in [4.69, 9.17) is 0 Å². The van der Waals surface area contributed by atoms with Gasteiger partial charge in [0.25, 0.3) is 15.9 Å². The lowest BCUT2D eigenvalue weighted by molar-refractivity contribution is 0.102. The SMILES string of the molecule is CN(c1ccccc1)S(=O)(=O)c1csc(C(=O)Nc2ccon2)c1. The molecule has 0 spiro atoms. The fourth-order valence-corrected chi connectivity index (χ4v) is 4.31. The smallest absolute Gasteiger partial charge is 0.267 e. The third kappa shape index (κ3) is 3.17. The quantitative estimate of drug-likeness (QED) is 0.752. The summed E-state index contributed by atoms with van der Waals surface area (Å²) in [5.74, 6) is -0.183. The normalized spacial score (nSPS) is 11.2. The topological polar surface area (TPSA) is 92.5 Å². The summed E-state index contributed by atoms with van der Waals surface area (Å²) in [5.41, 5.74) is 0.539. The first-order valence-corrected chi connectivity index (χ1v) is 9.15. The average Bonchev–Trinajstić information content (AvgIpc) is 3.26. The van der Waals surface area contributed by atoms with E-state index in [9.17, 15) is 13.2 Å². The van der Waals surface area contributed by atoms with Crippen LogP contribution < -0.4 is 9.62 Å². The Morgan fingerprint density at radius 3 is 2.67 bits per heavy atom. The molecule has 0 aliphatic rings. The molecule has 0 aliphatic carbocycles. The van der Waals surface area contributed by atoms with E-state index in [1.54, 1.807) is 30.3 Å². The van der Waals surface area contributed by atoms with Crippen LogP contribution in [0, 0.1) is 0 Å². The molecule has 0 radical (unpaired) electrons. The third-order valence-corrected chi connectivity index (χ3v) is 6.10. The number of anilines is 2. The van der Waals surface area contributed by atoms with Gasteiger partial charge in [-0.2, -0.15) is 0 Å². The Balaban J connectivity index is 1.83. The molecule has 2 heterocycles. The average molecular weight is 363 g/mol. The van der Waals surface area contributed by atoms with Crippen molar-refractivity contribution in [2.45, 2.75) is 4.90 Å². The first-order valence-electron chi connectivity index (χ1n) is 6.83. The van der Waals surface area contributed by atoms with Crippen LogP contribution in [0.2, 0.25) is 0 Å². The minimum Gasteiger partial charge on any atom is -0.363 e. The number of rotatable bonds is 5. The maximum atomic E-state index is 12.7. The van der Waals surface area contributed by atoms with E-state index in [0.717, 1.165) is 11.3 Å². The number of sulfonamides is 1. The lowest BCUT2D eigenvalue weighted by atomic mass is 10.3. The highest BCUT2D eigenvalue weighted by Crippen LogP contribution is 2.26. The maximum Gasteiger partial charge on any atom is 0.267 e. The summed E-state index contributed by atoms with van der Waals surface area (Å²) in [4.78, 5) is 12.4. The highest BCUT2D eigenvalue weighted by Gasteiger charge is 2.24. The van der Waals surface area contributed by atoms with E-state index in [2.05, 4.69) is 15.0 Å². The molecule has 3 rings (SSSR count). The van der Waals surface area contributed by atoms with Crippen molar-refractivity contribution >= 4 is 38.8 Å². The monoisotopic (exact) mass is 363 g/mol. The summed E-state index contributed by atoms with van der Waals surface area (Å²) in [7, 11) is -2.27. The summed E-state index contributed by atoms with van der Waals surface area (Å²) in [5, 5.41) is 7.54. The molecule has 0 unspecified atom stereocenters. The lowest BCUT2D eigenvalue weighted by Crippen LogP contribution is -2.26. The number of para-hydroxylation sites is 1. The van der Waals surface area contributed by atoms with Gasteiger partial charge in [-0.25, -0.2) is 8.42 Å². The second-order valence-corrected chi connectivity index (χ2v) is 7.67. The highest BCUT2D eigenvalue weighted by molar-refractivity contribution is 7.93. The minimum absolute atomic E-state index is 0.0594. The number of carbonyl (C=O) groups excluding carboxylic acids is 1. The van der Waals surface area contributed by atoms with Crippen molar-refractivity contribution in [3.05, 3.63) is 59.0 Å². The Hall–Kier alpha value is -2.65.